The number of alkyl halides is 2. The van der Waals surface area contributed by atoms with E-state index in [9.17, 15) is 18.4 Å². The Morgan fingerprint density at radius 1 is 1.25 bits per heavy atom. The Balaban J connectivity index is 2.96. The fraction of sp³-hybridized carbons (Fsp3) is 0.200. The summed E-state index contributed by atoms with van der Waals surface area (Å²) >= 11 is 0. The van der Waals surface area contributed by atoms with E-state index in [1.165, 1.54) is 24.3 Å². The summed E-state index contributed by atoms with van der Waals surface area (Å²) in [5.74, 6) is -7.79. The Morgan fingerprint density at radius 2 is 1.75 bits per heavy atom. The number of aliphatic carboxylic acids is 1. The summed E-state index contributed by atoms with van der Waals surface area (Å²) in [5.41, 5.74) is 4.90. The van der Waals surface area contributed by atoms with Gasteiger partial charge in [-0.05, 0) is 0 Å². The molecule has 0 heterocycles. The van der Waals surface area contributed by atoms with Crippen LogP contribution >= 0.6 is 0 Å². The highest BCUT2D eigenvalue weighted by molar-refractivity contribution is 6.03. The van der Waals surface area contributed by atoms with Gasteiger partial charge in [-0.15, -0.1) is 0 Å². The molecule has 0 aliphatic carbocycles. The number of rotatable bonds is 4. The summed E-state index contributed by atoms with van der Waals surface area (Å²) in [4.78, 5) is 21.6. The van der Waals surface area contributed by atoms with Gasteiger partial charge in [0, 0.05) is 5.56 Å². The van der Waals surface area contributed by atoms with Crippen LogP contribution in [0.25, 0.3) is 0 Å². The number of benzene rings is 1. The van der Waals surface area contributed by atoms with Crippen LogP contribution in [0.4, 0.5) is 8.78 Å². The first-order chi connectivity index (χ1) is 7.37. The van der Waals surface area contributed by atoms with Crippen molar-refractivity contribution in [1.29, 1.82) is 0 Å². The molecule has 0 bridgehead atoms. The lowest BCUT2D eigenvalue weighted by molar-refractivity contribution is -0.166. The largest absolute Gasteiger partial charge is 0.477 e. The molecular formula is C10H9F2NO3. The molecule has 0 aliphatic rings. The Kier molecular flexibility index (Phi) is 3.34. The van der Waals surface area contributed by atoms with Crippen molar-refractivity contribution in [3.63, 3.8) is 0 Å². The van der Waals surface area contributed by atoms with Crippen LogP contribution in [-0.2, 0) is 4.79 Å². The maximum Gasteiger partial charge on any atom is 0.376 e. The van der Waals surface area contributed by atoms with Crippen molar-refractivity contribution in [3.05, 3.63) is 35.9 Å². The van der Waals surface area contributed by atoms with E-state index in [0.717, 1.165) is 0 Å². The van der Waals surface area contributed by atoms with Crippen molar-refractivity contribution in [3.8, 4) is 0 Å². The third-order valence-electron chi connectivity index (χ3n) is 2.02. The van der Waals surface area contributed by atoms with Crippen molar-refractivity contribution < 1.29 is 23.5 Å². The van der Waals surface area contributed by atoms with Gasteiger partial charge in [0.25, 0.3) is 0 Å². The van der Waals surface area contributed by atoms with Gasteiger partial charge in [-0.1, -0.05) is 30.3 Å². The van der Waals surface area contributed by atoms with E-state index in [-0.39, 0.29) is 5.56 Å². The molecule has 0 amide bonds. The lowest BCUT2D eigenvalue weighted by Gasteiger charge is -2.17. The highest BCUT2D eigenvalue weighted by Crippen LogP contribution is 2.20. The van der Waals surface area contributed by atoms with Crippen molar-refractivity contribution >= 4 is 11.8 Å². The second-order valence-corrected chi connectivity index (χ2v) is 3.14. The summed E-state index contributed by atoms with van der Waals surface area (Å²) in [6.45, 7) is 0. The Morgan fingerprint density at radius 3 is 2.19 bits per heavy atom. The molecule has 0 spiro atoms. The first-order valence-electron chi connectivity index (χ1n) is 4.33. The lowest BCUT2D eigenvalue weighted by atomic mass is 10.00. The summed E-state index contributed by atoms with van der Waals surface area (Å²) in [6.07, 6.45) is 0. The average molecular weight is 229 g/mol. The lowest BCUT2D eigenvalue weighted by Crippen LogP contribution is -2.51. The van der Waals surface area contributed by atoms with E-state index in [0.29, 0.717) is 0 Å². The van der Waals surface area contributed by atoms with Gasteiger partial charge in [-0.2, -0.15) is 8.78 Å². The van der Waals surface area contributed by atoms with E-state index < -0.39 is 23.7 Å². The molecule has 1 aromatic rings. The van der Waals surface area contributed by atoms with E-state index in [1.54, 1.807) is 6.07 Å². The molecule has 86 valence electrons. The highest BCUT2D eigenvalue weighted by Gasteiger charge is 2.49. The van der Waals surface area contributed by atoms with Crippen molar-refractivity contribution in [2.75, 3.05) is 0 Å². The molecule has 1 unspecified atom stereocenters. The van der Waals surface area contributed by atoms with Crippen molar-refractivity contribution in [2.24, 2.45) is 5.73 Å². The number of Topliss-reactive ketones (excluding diaryl/α,β-unsaturated/α-hetero) is 1. The summed E-state index contributed by atoms with van der Waals surface area (Å²) in [6, 6.07) is 4.74. The molecule has 1 rings (SSSR count). The van der Waals surface area contributed by atoms with Crippen LogP contribution in [0, 0.1) is 0 Å². The molecular weight excluding hydrogens is 220 g/mol. The van der Waals surface area contributed by atoms with E-state index in [1.807, 2.05) is 0 Å². The van der Waals surface area contributed by atoms with Crippen molar-refractivity contribution in [2.45, 2.75) is 12.0 Å². The maximum atomic E-state index is 12.9. The molecule has 1 atom stereocenters. The number of hydrogen-bond acceptors (Lipinski definition) is 3. The quantitative estimate of drug-likeness (QED) is 0.752. The Bertz CT molecular complexity index is 406. The second kappa shape index (κ2) is 4.36. The number of halogens is 2. The standard InChI is InChI=1S/C10H9F2NO3/c11-10(12,9(15)16)8(13)7(14)6-4-2-1-3-5-6/h1-5,8H,13H2,(H,15,16). The summed E-state index contributed by atoms with van der Waals surface area (Å²) in [5, 5.41) is 8.23. The third kappa shape index (κ3) is 2.22. The van der Waals surface area contributed by atoms with E-state index in [2.05, 4.69) is 0 Å². The zero-order valence-corrected chi connectivity index (χ0v) is 8.06. The molecule has 0 saturated heterocycles. The van der Waals surface area contributed by atoms with Gasteiger partial charge in [-0.3, -0.25) is 4.79 Å². The number of carboxylic acid groups (broad SMARTS) is 1. The molecule has 0 fully saturated rings. The Hall–Kier alpha value is -1.82. The van der Waals surface area contributed by atoms with Gasteiger partial charge in [0.15, 0.2) is 5.78 Å². The summed E-state index contributed by atoms with van der Waals surface area (Å²) < 4.78 is 25.9. The third-order valence-corrected chi connectivity index (χ3v) is 2.02. The zero-order valence-electron chi connectivity index (χ0n) is 8.06. The smallest absolute Gasteiger partial charge is 0.376 e. The number of carbonyl (C=O) groups is 2. The maximum absolute atomic E-state index is 12.9. The zero-order chi connectivity index (χ0) is 12.3. The second-order valence-electron chi connectivity index (χ2n) is 3.14. The first-order valence-corrected chi connectivity index (χ1v) is 4.33. The molecule has 16 heavy (non-hydrogen) atoms. The summed E-state index contributed by atoms with van der Waals surface area (Å²) in [7, 11) is 0. The number of nitrogens with two attached hydrogens (primary N) is 1. The topological polar surface area (TPSA) is 80.4 Å². The number of ketones is 1. The van der Waals surface area contributed by atoms with Gasteiger partial charge in [0.1, 0.15) is 6.04 Å². The van der Waals surface area contributed by atoms with Crippen LogP contribution < -0.4 is 5.73 Å². The monoisotopic (exact) mass is 229 g/mol. The van der Waals surface area contributed by atoms with Crippen LogP contribution in [0.2, 0.25) is 0 Å². The van der Waals surface area contributed by atoms with Crippen LogP contribution in [-0.4, -0.2) is 28.8 Å². The highest BCUT2D eigenvalue weighted by atomic mass is 19.3. The molecule has 4 nitrogen and oxygen atoms in total. The predicted molar refractivity (Wildman–Crippen MR) is 51.3 cm³/mol. The Labute approximate surface area is 89.7 Å². The number of carbonyl (C=O) groups excluding carboxylic acids is 1. The first kappa shape index (κ1) is 12.3. The van der Waals surface area contributed by atoms with Crippen LogP contribution in [0.5, 0.6) is 0 Å². The molecule has 0 radical (unpaired) electrons. The van der Waals surface area contributed by atoms with E-state index in [4.69, 9.17) is 10.8 Å². The van der Waals surface area contributed by atoms with Gasteiger partial charge >= 0.3 is 11.9 Å². The normalized spacial score (nSPS) is 13.2. The van der Waals surface area contributed by atoms with Gasteiger partial charge in [0.05, 0.1) is 0 Å². The molecule has 1 aromatic carbocycles. The van der Waals surface area contributed by atoms with E-state index >= 15 is 0 Å². The van der Waals surface area contributed by atoms with Crippen molar-refractivity contribution in [1.82, 2.24) is 0 Å². The molecule has 0 aromatic heterocycles. The average Bonchev–Trinajstić information content (AvgIpc) is 2.28. The molecule has 6 heteroatoms. The van der Waals surface area contributed by atoms with Gasteiger partial charge in [-0.25, -0.2) is 4.79 Å². The fourth-order valence-corrected chi connectivity index (χ4v) is 1.08. The molecule has 0 aliphatic heterocycles. The van der Waals surface area contributed by atoms with Crippen LogP contribution in [0.3, 0.4) is 0 Å². The minimum absolute atomic E-state index is 0.0454. The van der Waals surface area contributed by atoms with Gasteiger partial charge < -0.3 is 10.8 Å². The molecule has 0 saturated carbocycles. The molecule has 3 N–H and O–H groups in total. The predicted octanol–water partition coefficient (Wildman–Crippen LogP) is 0.917. The van der Waals surface area contributed by atoms with Crippen LogP contribution in [0.15, 0.2) is 30.3 Å². The number of hydrogen-bond donors (Lipinski definition) is 2. The fourth-order valence-electron chi connectivity index (χ4n) is 1.08. The SMILES string of the molecule is NC(C(=O)c1ccccc1)C(F)(F)C(=O)O. The number of carboxylic acids is 1. The minimum Gasteiger partial charge on any atom is -0.477 e. The van der Waals surface area contributed by atoms with Crippen LogP contribution in [0.1, 0.15) is 10.4 Å². The minimum atomic E-state index is -4.27. The van der Waals surface area contributed by atoms with Gasteiger partial charge in [0.2, 0.25) is 0 Å².